The number of aryl methyl sites for hydroxylation is 2. The molecule has 0 bridgehead atoms. The number of aliphatic hydroxyl groups is 1. The van der Waals surface area contributed by atoms with Gasteiger partial charge < -0.3 is 19.5 Å². The first kappa shape index (κ1) is 17.3. The second-order valence-electron chi connectivity index (χ2n) is 6.79. The summed E-state index contributed by atoms with van der Waals surface area (Å²) in [5, 5.41) is 10.3. The average molecular weight is 308 g/mol. The minimum Gasteiger partial charge on any atom is -0.490 e. The van der Waals surface area contributed by atoms with Gasteiger partial charge in [-0.05, 0) is 57.4 Å². The molecule has 1 aromatic rings. The van der Waals surface area contributed by atoms with Crippen LogP contribution in [0, 0.1) is 20.8 Å². The molecule has 1 aliphatic rings. The normalized spacial score (nSPS) is 26.7. The van der Waals surface area contributed by atoms with Gasteiger partial charge in [0, 0.05) is 0 Å². The van der Waals surface area contributed by atoms with Crippen LogP contribution in [0.4, 0.5) is 0 Å². The van der Waals surface area contributed by atoms with Crippen molar-refractivity contribution in [2.24, 2.45) is 0 Å². The molecule has 1 heterocycles. The number of nitrogens with one attached hydrogen (secondary N) is 1. The van der Waals surface area contributed by atoms with Gasteiger partial charge in [-0.1, -0.05) is 6.07 Å². The Bertz CT molecular complexity index is 493. The van der Waals surface area contributed by atoms with E-state index in [1.54, 1.807) is 0 Å². The second-order valence-corrected chi connectivity index (χ2v) is 6.79. The van der Waals surface area contributed by atoms with E-state index in [-0.39, 0.29) is 12.2 Å². The molecular formula is C18H30NO3+. The molecule has 0 aliphatic carbocycles. The predicted octanol–water partition coefficient (Wildman–Crippen LogP) is 1.04. The Hall–Kier alpha value is -1.10. The van der Waals surface area contributed by atoms with Crippen LogP contribution in [0.3, 0.4) is 0 Å². The molecule has 4 heteroatoms. The third-order valence-electron chi connectivity index (χ3n) is 4.34. The minimum atomic E-state index is -0.451. The Morgan fingerprint density at radius 3 is 2.50 bits per heavy atom. The van der Waals surface area contributed by atoms with Crippen molar-refractivity contribution in [2.75, 3.05) is 26.2 Å². The summed E-state index contributed by atoms with van der Waals surface area (Å²) < 4.78 is 11.6. The first-order chi connectivity index (χ1) is 10.3. The van der Waals surface area contributed by atoms with Gasteiger partial charge in [0.25, 0.3) is 0 Å². The highest BCUT2D eigenvalue weighted by Gasteiger charge is 2.27. The standard InChI is InChI=1S/C18H29NO3/c1-12-6-13(2)16(5)18(7-12)21-11-17(20)10-19-8-14(3)22-15(4)9-19/h6-7,14-15,17,20H,8-11H2,1-5H3/p+1/t14-,15+,17-/m1/s1. The highest BCUT2D eigenvalue weighted by Crippen LogP contribution is 2.23. The van der Waals surface area contributed by atoms with Crippen molar-refractivity contribution in [3.05, 3.63) is 28.8 Å². The largest absolute Gasteiger partial charge is 0.490 e. The lowest BCUT2D eigenvalue weighted by Crippen LogP contribution is -3.16. The number of quaternary nitrogens is 1. The monoisotopic (exact) mass is 308 g/mol. The molecule has 1 unspecified atom stereocenters. The fourth-order valence-corrected chi connectivity index (χ4v) is 3.28. The third kappa shape index (κ3) is 4.70. The zero-order chi connectivity index (χ0) is 16.3. The zero-order valence-corrected chi connectivity index (χ0v) is 14.5. The summed E-state index contributed by atoms with van der Waals surface area (Å²) >= 11 is 0. The van der Waals surface area contributed by atoms with Crippen LogP contribution in [0.15, 0.2) is 12.1 Å². The molecule has 0 aromatic heterocycles. The van der Waals surface area contributed by atoms with Gasteiger partial charge in [-0.15, -0.1) is 0 Å². The number of morpholine rings is 1. The Kier molecular flexibility index (Phi) is 5.84. The molecule has 1 saturated heterocycles. The number of benzene rings is 1. The summed E-state index contributed by atoms with van der Waals surface area (Å²) in [6, 6.07) is 4.19. The van der Waals surface area contributed by atoms with E-state index in [1.165, 1.54) is 16.0 Å². The number of hydrogen-bond donors (Lipinski definition) is 2. The maximum atomic E-state index is 10.3. The summed E-state index contributed by atoms with van der Waals surface area (Å²) in [5.74, 6) is 0.885. The van der Waals surface area contributed by atoms with Gasteiger partial charge in [-0.25, -0.2) is 0 Å². The number of rotatable bonds is 5. The lowest BCUT2D eigenvalue weighted by molar-refractivity contribution is -0.918. The summed E-state index contributed by atoms with van der Waals surface area (Å²) in [6.07, 6.45) is 0.0646. The first-order valence-corrected chi connectivity index (χ1v) is 8.23. The quantitative estimate of drug-likeness (QED) is 0.854. The number of hydrogen-bond acceptors (Lipinski definition) is 3. The molecule has 4 atom stereocenters. The van der Waals surface area contributed by atoms with E-state index >= 15 is 0 Å². The smallest absolute Gasteiger partial charge is 0.137 e. The summed E-state index contributed by atoms with van der Waals surface area (Å²) in [4.78, 5) is 1.39. The van der Waals surface area contributed by atoms with Crippen LogP contribution in [0.25, 0.3) is 0 Å². The van der Waals surface area contributed by atoms with Gasteiger partial charge in [0.1, 0.15) is 50.3 Å². The van der Waals surface area contributed by atoms with Crippen molar-refractivity contribution in [1.82, 2.24) is 0 Å². The molecule has 1 aromatic carbocycles. The van der Waals surface area contributed by atoms with E-state index in [2.05, 4.69) is 40.7 Å². The van der Waals surface area contributed by atoms with Crippen molar-refractivity contribution in [3.8, 4) is 5.75 Å². The molecule has 2 rings (SSSR count). The van der Waals surface area contributed by atoms with Crippen LogP contribution in [-0.2, 0) is 4.74 Å². The Labute approximate surface area is 134 Å². The molecule has 4 nitrogen and oxygen atoms in total. The van der Waals surface area contributed by atoms with E-state index in [0.717, 1.165) is 24.4 Å². The molecule has 0 radical (unpaired) electrons. The van der Waals surface area contributed by atoms with Gasteiger partial charge in [-0.2, -0.15) is 0 Å². The van der Waals surface area contributed by atoms with Crippen LogP contribution in [-0.4, -0.2) is 49.7 Å². The fraction of sp³-hybridized carbons (Fsp3) is 0.667. The average Bonchev–Trinajstić information content (AvgIpc) is 2.40. The van der Waals surface area contributed by atoms with Crippen LogP contribution in [0.1, 0.15) is 30.5 Å². The van der Waals surface area contributed by atoms with Crippen LogP contribution >= 0.6 is 0 Å². The molecule has 0 saturated carbocycles. The van der Waals surface area contributed by atoms with Crippen molar-refractivity contribution >= 4 is 0 Å². The van der Waals surface area contributed by atoms with Crippen LogP contribution < -0.4 is 9.64 Å². The second kappa shape index (κ2) is 7.44. The highest BCUT2D eigenvalue weighted by atomic mass is 16.5. The van der Waals surface area contributed by atoms with Gasteiger partial charge in [0.2, 0.25) is 0 Å². The van der Waals surface area contributed by atoms with Gasteiger partial charge >= 0.3 is 0 Å². The number of ether oxygens (including phenoxy) is 2. The van der Waals surface area contributed by atoms with E-state index in [1.807, 2.05) is 6.07 Å². The van der Waals surface area contributed by atoms with Crippen LogP contribution in [0.2, 0.25) is 0 Å². The van der Waals surface area contributed by atoms with Gasteiger partial charge in [-0.3, -0.25) is 0 Å². The van der Waals surface area contributed by atoms with E-state index in [9.17, 15) is 5.11 Å². The third-order valence-corrected chi connectivity index (χ3v) is 4.34. The lowest BCUT2D eigenvalue weighted by atomic mass is 10.1. The van der Waals surface area contributed by atoms with Crippen molar-refractivity contribution in [3.63, 3.8) is 0 Å². The summed E-state index contributed by atoms with van der Waals surface area (Å²) in [7, 11) is 0. The molecule has 0 spiro atoms. The molecule has 1 fully saturated rings. The van der Waals surface area contributed by atoms with Crippen molar-refractivity contribution < 1.29 is 19.5 Å². The molecule has 1 aliphatic heterocycles. The lowest BCUT2D eigenvalue weighted by Gasteiger charge is -2.33. The maximum Gasteiger partial charge on any atom is 0.137 e. The highest BCUT2D eigenvalue weighted by molar-refractivity contribution is 5.41. The Morgan fingerprint density at radius 1 is 1.23 bits per heavy atom. The maximum absolute atomic E-state index is 10.3. The molecule has 124 valence electrons. The summed E-state index contributed by atoms with van der Waals surface area (Å²) in [6.45, 7) is 13.4. The van der Waals surface area contributed by atoms with E-state index in [4.69, 9.17) is 9.47 Å². The Balaban J connectivity index is 1.86. The minimum absolute atomic E-state index is 0.258. The van der Waals surface area contributed by atoms with E-state index < -0.39 is 6.10 Å². The van der Waals surface area contributed by atoms with Gasteiger partial charge in [0.15, 0.2) is 0 Å². The molecule has 22 heavy (non-hydrogen) atoms. The SMILES string of the molecule is Cc1cc(C)c(C)c(OC[C@H](O)C[NH+]2C[C@@H](C)O[C@@H](C)C2)c1. The predicted molar refractivity (Wildman–Crippen MR) is 87.7 cm³/mol. The molecular weight excluding hydrogens is 278 g/mol. The number of aliphatic hydroxyl groups excluding tert-OH is 1. The fourth-order valence-electron chi connectivity index (χ4n) is 3.28. The van der Waals surface area contributed by atoms with Crippen molar-refractivity contribution in [1.29, 1.82) is 0 Å². The van der Waals surface area contributed by atoms with Crippen LogP contribution in [0.5, 0.6) is 5.75 Å². The summed E-state index contributed by atoms with van der Waals surface area (Å²) in [5.41, 5.74) is 3.57. The van der Waals surface area contributed by atoms with E-state index in [0.29, 0.717) is 13.2 Å². The molecule has 0 amide bonds. The Morgan fingerprint density at radius 2 is 1.86 bits per heavy atom. The topological polar surface area (TPSA) is 43.1 Å². The first-order valence-electron chi connectivity index (χ1n) is 8.23. The molecule has 2 N–H and O–H groups in total. The van der Waals surface area contributed by atoms with Crippen molar-refractivity contribution in [2.45, 2.75) is 52.9 Å². The zero-order valence-electron chi connectivity index (χ0n) is 14.5. The van der Waals surface area contributed by atoms with Gasteiger partial charge in [0.05, 0.1) is 0 Å².